The molecule has 4 nitrogen and oxygen atoms in total. The molecule has 1 aliphatic rings. The second-order valence-corrected chi connectivity index (χ2v) is 6.64. The summed E-state index contributed by atoms with van der Waals surface area (Å²) in [6, 6.07) is 15.0. The van der Waals surface area contributed by atoms with E-state index in [1.165, 1.54) is 16.7 Å². The number of benzene rings is 2. The van der Waals surface area contributed by atoms with Gasteiger partial charge in [-0.3, -0.25) is 4.79 Å². The van der Waals surface area contributed by atoms with Gasteiger partial charge in [-0.05, 0) is 17.7 Å². The van der Waals surface area contributed by atoms with Crippen LogP contribution in [0.2, 0.25) is 5.02 Å². The third kappa shape index (κ3) is 3.07. The second-order valence-electron chi connectivity index (χ2n) is 5.12. The molecule has 2 aromatic rings. The number of carboxylic acids is 1. The van der Waals surface area contributed by atoms with E-state index in [4.69, 9.17) is 11.6 Å². The summed E-state index contributed by atoms with van der Waals surface area (Å²) in [6.45, 7) is 0. The molecule has 6 heteroatoms. The van der Waals surface area contributed by atoms with E-state index in [2.05, 4.69) is 0 Å². The van der Waals surface area contributed by atoms with Crippen LogP contribution in [0.15, 0.2) is 54.6 Å². The van der Waals surface area contributed by atoms with Crippen LogP contribution in [0.3, 0.4) is 0 Å². The molecule has 1 aliphatic heterocycles. The molecule has 0 unspecified atom stereocenters. The molecule has 2 aromatic carbocycles. The minimum Gasteiger partial charge on any atom is -0.548 e. The normalized spacial score (nSPS) is 20.5. The SMILES string of the molecule is O=C([O-])[C@H]1CS[C@H](c2ccccc2)N1C(=O)c1ccccc1Cl. The van der Waals surface area contributed by atoms with Gasteiger partial charge in [-0.15, -0.1) is 11.8 Å². The summed E-state index contributed by atoms with van der Waals surface area (Å²) in [5.41, 5.74) is 1.17. The summed E-state index contributed by atoms with van der Waals surface area (Å²) in [4.78, 5) is 25.7. The monoisotopic (exact) mass is 346 g/mol. The molecule has 0 saturated carbocycles. The Bertz CT molecular complexity index is 738. The maximum Gasteiger partial charge on any atom is 0.257 e. The average molecular weight is 347 g/mol. The molecule has 1 saturated heterocycles. The highest BCUT2D eigenvalue weighted by Gasteiger charge is 2.39. The first-order chi connectivity index (χ1) is 11.1. The Kier molecular flexibility index (Phi) is 4.59. The van der Waals surface area contributed by atoms with Crippen LogP contribution in [-0.2, 0) is 4.79 Å². The Balaban J connectivity index is 2.01. The lowest BCUT2D eigenvalue weighted by Gasteiger charge is -2.30. The predicted octanol–water partition coefficient (Wildman–Crippen LogP) is 2.35. The molecule has 0 aromatic heterocycles. The van der Waals surface area contributed by atoms with Gasteiger partial charge in [-0.1, -0.05) is 54.1 Å². The van der Waals surface area contributed by atoms with E-state index in [1.807, 2.05) is 30.3 Å². The van der Waals surface area contributed by atoms with Crippen molar-refractivity contribution in [2.75, 3.05) is 5.75 Å². The number of carbonyl (C=O) groups excluding carboxylic acids is 2. The van der Waals surface area contributed by atoms with E-state index in [0.29, 0.717) is 10.6 Å². The summed E-state index contributed by atoms with van der Waals surface area (Å²) in [7, 11) is 0. The first-order valence-electron chi connectivity index (χ1n) is 7.04. The van der Waals surface area contributed by atoms with Crippen molar-refractivity contribution in [2.24, 2.45) is 0 Å². The molecule has 0 aliphatic carbocycles. The predicted molar refractivity (Wildman–Crippen MR) is 88.1 cm³/mol. The van der Waals surface area contributed by atoms with E-state index in [-0.39, 0.29) is 11.1 Å². The lowest BCUT2D eigenvalue weighted by molar-refractivity contribution is -0.310. The maximum absolute atomic E-state index is 12.9. The van der Waals surface area contributed by atoms with Crippen molar-refractivity contribution in [1.82, 2.24) is 4.90 Å². The van der Waals surface area contributed by atoms with Crippen LogP contribution >= 0.6 is 23.4 Å². The zero-order valence-electron chi connectivity index (χ0n) is 12.0. The standard InChI is InChI=1S/C17H14ClNO3S/c18-13-9-5-4-8-12(13)15(20)19-14(17(21)22)10-23-16(19)11-6-2-1-3-7-11/h1-9,14,16H,10H2,(H,21,22)/p-1/t14-,16-/m1/s1. The third-order valence-electron chi connectivity index (χ3n) is 3.70. The fourth-order valence-electron chi connectivity index (χ4n) is 2.58. The van der Waals surface area contributed by atoms with Gasteiger partial charge >= 0.3 is 0 Å². The van der Waals surface area contributed by atoms with Gasteiger partial charge in [0.25, 0.3) is 5.91 Å². The molecule has 0 bridgehead atoms. The van der Waals surface area contributed by atoms with Crippen molar-refractivity contribution < 1.29 is 14.7 Å². The Morgan fingerprint density at radius 2 is 1.74 bits per heavy atom. The Morgan fingerprint density at radius 1 is 1.09 bits per heavy atom. The molecular formula is C17H13ClNO3S-. The number of halogens is 1. The van der Waals surface area contributed by atoms with Gasteiger partial charge in [0.1, 0.15) is 5.37 Å². The first kappa shape index (κ1) is 15.9. The van der Waals surface area contributed by atoms with Gasteiger partial charge < -0.3 is 14.8 Å². The number of rotatable bonds is 3. The molecule has 0 N–H and O–H groups in total. The van der Waals surface area contributed by atoms with Crippen LogP contribution in [0.1, 0.15) is 21.3 Å². The van der Waals surface area contributed by atoms with E-state index in [0.717, 1.165) is 5.56 Å². The fourth-order valence-corrected chi connectivity index (χ4v) is 4.21. The molecule has 23 heavy (non-hydrogen) atoms. The van der Waals surface area contributed by atoms with Crippen molar-refractivity contribution in [2.45, 2.75) is 11.4 Å². The van der Waals surface area contributed by atoms with Crippen molar-refractivity contribution in [1.29, 1.82) is 0 Å². The van der Waals surface area contributed by atoms with Crippen LogP contribution in [-0.4, -0.2) is 28.6 Å². The number of carboxylic acid groups (broad SMARTS) is 1. The Hall–Kier alpha value is -1.98. The molecule has 1 amide bonds. The molecular weight excluding hydrogens is 334 g/mol. The lowest BCUT2D eigenvalue weighted by Crippen LogP contribution is -2.49. The largest absolute Gasteiger partial charge is 0.548 e. The van der Waals surface area contributed by atoms with E-state index in [1.54, 1.807) is 24.3 Å². The Morgan fingerprint density at radius 3 is 2.39 bits per heavy atom. The van der Waals surface area contributed by atoms with Crippen LogP contribution in [0, 0.1) is 0 Å². The molecule has 3 rings (SSSR count). The average Bonchev–Trinajstić information content (AvgIpc) is 3.00. The second kappa shape index (κ2) is 6.64. The number of thioether (sulfide) groups is 1. The van der Waals surface area contributed by atoms with Crippen LogP contribution in [0.25, 0.3) is 0 Å². The number of hydrogen-bond acceptors (Lipinski definition) is 4. The number of aliphatic carboxylic acids is 1. The van der Waals surface area contributed by atoms with Crippen molar-refractivity contribution in [3.63, 3.8) is 0 Å². The topological polar surface area (TPSA) is 60.4 Å². The minimum atomic E-state index is -1.25. The van der Waals surface area contributed by atoms with E-state index >= 15 is 0 Å². The third-order valence-corrected chi connectivity index (χ3v) is 5.35. The summed E-state index contributed by atoms with van der Waals surface area (Å²) >= 11 is 7.51. The zero-order chi connectivity index (χ0) is 16.4. The minimum absolute atomic E-state index is 0.290. The fraction of sp³-hybridized carbons (Fsp3) is 0.176. The molecule has 0 radical (unpaired) electrons. The number of hydrogen-bond donors (Lipinski definition) is 0. The molecule has 118 valence electrons. The van der Waals surface area contributed by atoms with Crippen molar-refractivity contribution in [3.8, 4) is 0 Å². The number of nitrogens with zero attached hydrogens (tertiary/aromatic N) is 1. The molecule has 2 atom stereocenters. The summed E-state index contributed by atoms with van der Waals surface area (Å²) in [5, 5.41) is 11.4. The van der Waals surface area contributed by atoms with Crippen LogP contribution in [0.4, 0.5) is 0 Å². The highest BCUT2D eigenvalue weighted by Crippen LogP contribution is 2.42. The van der Waals surface area contributed by atoms with Crippen LogP contribution < -0.4 is 5.11 Å². The zero-order valence-corrected chi connectivity index (χ0v) is 13.6. The first-order valence-corrected chi connectivity index (χ1v) is 8.47. The quantitative estimate of drug-likeness (QED) is 0.856. The van der Waals surface area contributed by atoms with E-state index in [9.17, 15) is 14.7 Å². The van der Waals surface area contributed by atoms with Gasteiger partial charge in [-0.25, -0.2) is 0 Å². The summed E-state index contributed by atoms with van der Waals surface area (Å²) < 4.78 is 0. The highest BCUT2D eigenvalue weighted by atomic mass is 35.5. The summed E-state index contributed by atoms with van der Waals surface area (Å²) in [6.07, 6.45) is 0. The summed E-state index contributed by atoms with van der Waals surface area (Å²) in [5.74, 6) is -1.36. The lowest BCUT2D eigenvalue weighted by atomic mass is 10.1. The van der Waals surface area contributed by atoms with Gasteiger partial charge in [0.05, 0.1) is 22.6 Å². The molecule has 1 fully saturated rings. The van der Waals surface area contributed by atoms with Gasteiger partial charge in [-0.2, -0.15) is 0 Å². The number of carbonyl (C=O) groups is 2. The van der Waals surface area contributed by atoms with Gasteiger partial charge in [0.2, 0.25) is 0 Å². The smallest absolute Gasteiger partial charge is 0.257 e. The van der Waals surface area contributed by atoms with E-state index < -0.39 is 17.9 Å². The van der Waals surface area contributed by atoms with Crippen molar-refractivity contribution >= 4 is 35.2 Å². The molecule has 1 heterocycles. The number of amides is 1. The van der Waals surface area contributed by atoms with Crippen molar-refractivity contribution in [3.05, 3.63) is 70.7 Å². The van der Waals surface area contributed by atoms with Crippen LogP contribution in [0.5, 0.6) is 0 Å². The highest BCUT2D eigenvalue weighted by molar-refractivity contribution is 7.99. The Labute approximate surface area is 143 Å². The maximum atomic E-state index is 12.9. The van der Waals surface area contributed by atoms with Gasteiger partial charge in [0, 0.05) is 5.75 Å². The van der Waals surface area contributed by atoms with Gasteiger partial charge in [0.15, 0.2) is 0 Å². The molecule has 0 spiro atoms.